The smallest absolute Gasteiger partial charge is 0.173 e. The number of aromatic nitrogens is 1. The highest BCUT2D eigenvalue weighted by atomic mass is 79.9. The van der Waals surface area contributed by atoms with Gasteiger partial charge in [-0.25, -0.2) is 9.14 Å². The fourth-order valence-electron chi connectivity index (χ4n) is 4.74. The molecule has 0 bridgehead atoms. The summed E-state index contributed by atoms with van der Waals surface area (Å²) in [5.74, 6) is 0.428. The van der Waals surface area contributed by atoms with Crippen molar-refractivity contribution in [3.63, 3.8) is 0 Å². The quantitative estimate of drug-likeness (QED) is 0.175. The Bertz CT molecular complexity index is 1670. The summed E-state index contributed by atoms with van der Waals surface area (Å²) < 4.78 is 30.3. The van der Waals surface area contributed by atoms with E-state index in [-0.39, 0.29) is 11.0 Å². The zero-order chi connectivity index (χ0) is 26.4. The zero-order valence-corrected chi connectivity index (χ0v) is 25.2. The molecule has 0 aliphatic carbocycles. The van der Waals surface area contributed by atoms with Crippen molar-refractivity contribution in [2.45, 2.75) is 39.4 Å². The maximum absolute atomic E-state index is 13.8. The molecule has 0 aliphatic rings. The molecule has 7 heteroatoms. The van der Waals surface area contributed by atoms with Gasteiger partial charge in [0.05, 0.1) is 10.2 Å². The SMILES string of the molecule is CCn1c2ccccc2c2cc([P@](=Nc3ccc(F)cc3)(Oc3ccc(Br)cc3Br)C(C)(C)C)ccc21. The number of benzene rings is 4. The van der Waals surface area contributed by atoms with Crippen molar-refractivity contribution in [3.05, 3.63) is 99.7 Å². The van der Waals surface area contributed by atoms with Crippen molar-refractivity contribution in [2.75, 3.05) is 0 Å². The topological polar surface area (TPSA) is 26.5 Å². The molecule has 5 rings (SSSR count). The highest BCUT2D eigenvalue weighted by Gasteiger charge is 2.39. The van der Waals surface area contributed by atoms with Crippen molar-refractivity contribution in [1.82, 2.24) is 4.57 Å². The van der Waals surface area contributed by atoms with Gasteiger partial charge in [0.25, 0.3) is 0 Å². The van der Waals surface area contributed by atoms with Crippen LogP contribution in [0.5, 0.6) is 5.75 Å². The summed E-state index contributed by atoms with van der Waals surface area (Å²) in [6.07, 6.45) is 0. The summed E-state index contributed by atoms with van der Waals surface area (Å²) in [6.45, 7) is 9.55. The predicted molar refractivity (Wildman–Crippen MR) is 162 cm³/mol. The summed E-state index contributed by atoms with van der Waals surface area (Å²) in [5, 5.41) is 3.05. The van der Waals surface area contributed by atoms with E-state index in [1.165, 1.54) is 33.9 Å². The van der Waals surface area contributed by atoms with E-state index in [1.54, 1.807) is 12.1 Å². The minimum Gasteiger partial charge on any atom is -0.454 e. The van der Waals surface area contributed by atoms with Gasteiger partial charge in [0.1, 0.15) is 11.6 Å². The number of para-hydroxylation sites is 1. The van der Waals surface area contributed by atoms with Crippen LogP contribution in [0.15, 0.2) is 98.6 Å². The first kappa shape index (κ1) is 26.2. The number of rotatable bonds is 5. The Morgan fingerprint density at radius 3 is 2.24 bits per heavy atom. The molecule has 0 aliphatic heterocycles. The van der Waals surface area contributed by atoms with E-state index in [9.17, 15) is 4.39 Å². The maximum atomic E-state index is 13.8. The second-order valence-electron chi connectivity index (χ2n) is 9.95. The molecule has 0 saturated heterocycles. The third kappa shape index (κ3) is 4.80. The minimum atomic E-state index is -2.77. The van der Waals surface area contributed by atoms with Gasteiger partial charge in [0.2, 0.25) is 0 Å². The fourth-order valence-corrected chi connectivity index (χ4v) is 9.08. The van der Waals surface area contributed by atoms with Gasteiger partial charge in [-0.05, 0) is 89.6 Å². The molecule has 0 fully saturated rings. The highest BCUT2D eigenvalue weighted by Crippen LogP contribution is 2.63. The zero-order valence-electron chi connectivity index (χ0n) is 21.2. The van der Waals surface area contributed by atoms with Crippen LogP contribution in [0, 0.1) is 5.82 Å². The van der Waals surface area contributed by atoms with Crippen LogP contribution in [0.3, 0.4) is 0 Å². The van der Waals surface area contributed by atoms with E-state index in [0.29, 0.717) is 11.4 Å². The lowest BCUT2D eigenvalue weighted by molar-refractivity contribution is 0.568. The summed E-state index contributed by atoms with van der Waals surface area (Å²) in [4.78, 5) is 0. The molecule has 0 N–H and O–H groups in total. The molecule has 0 saturated carbocycles. The molecule has 4 aromatic carbocycles. The molecule has 0 unspecified atom stereocenters. The number of hydrogen-bond donors (Lipinski definition) is 0. The van der Waals surface area contributed by atoms with Crippen LogP contribution in [-0.2, 0) is 6.54 Å². The van der Waals surface area contributed by atoms with Crippen molar-refractivity contribution in [2.24, 2.45) is 4.74 Å². The van der Waals surface area contributed by atoms with Gasteiger partial charge in [-0.15, -0.1) is 0 Å². The lowest BCUT2D eigenvalue weighted by Gasteiger charge is -2.37. The molecule has 1 atom stereocenters. The van der Waals surface area contributed by atoms with Crippen LogP contribution in [0.25, 0.3) is 21.8 Å². The molecular formula is C30H28Br2FN2OP. The van der Waals surface area contributed by atoms with E-state index in [0.717, 1.165) is 20.8 Å². The van der Waals surface area contributed by atoms with Gasteiger partial charge in [0.15, 0.2) is 7.28 Å². The van der Waals surface area contributed by atoms with Crippen molar-refractivity contribution in [1.29, 1.82) is 0 Å². The lowest BCUT2D eigenvalue weighted by atomic mass is 10.1. The Hall–Kier alpha value is -2.40. The largest absolute Gasteiger partial charge is 0.454 e. The Morgan fingerprint density at radius 2 is 1.57 bits per heavy atom. The molecule has 37 heavy (non-hydrogen) atoms. The van der Waals surface area contributed by atoms with Gasteiger partial charge in [-0.3, -0.25) is 0 Å². The van der Waals surface area contributed by atoms with Crippen LogP contribution >= 0.6 is 39.1 Å². The van der Waals surface area contributed by atoms with Gasteiger partial charge in [0, 0.05) is 43.3 Å². The van der Waals surface area contributed by atoms with Crippen LogP contribution in [0.2, 0.25) is 0 Å². The molecule has 5 aromatic rings. The van der Waals surface area contributed by atoms with Crippen LogP contribution in [-0.4, -0.2) is 9.72 Å². The number of fused-ring (bicyclic) bond motifs is 3. The van der Waals surface area contributed by atoms with Crippen LogP contribution in [0.1, 0.15) is 27.7 Å². The third-order valence-electron chi connectivity index (χ3n) is 6.54. The first-order valence-electron chi connectivity index (χ1n) is 12.2. The van der Waals surface area contributed by atoms with E-state index < -0.39 is 7.28 Å². The molecule has 190 valence electrons. The number of hydrogen-bond acceptors (Lipinski definition) is 2. The van der Waals surface area contributed by atoms with E-state index in [1.807, 2.05) is 18.2 Å². The summed E-state index contributed by atoms with van der Waals surface area (Å²) in [5.41, 5.74) is 3.09. The first-order valence-corrected chi connectivity index (χ1v) is 15.4. The highest BCUT2D eigenvalue weighted by molar-refractivity contribution is 9.11. The van der Waals surface area contributed by atoms with E-state index >= 15 is 0 Å². The normalized spacial score (nSPS) is 13.6. The first-order chi connectivity index (χ1) is 17.6. The summed E-state index contributed by atoms with van der Waals surface area (Å²) in [6, 6.07) is 27.3. The number of aryl methyl sites for hydroxylation is 1. The third-order valence-corrected chi connectivity index (χ3v) is 11.4. The summed E-state index contributed by atoms with van der Waals surface area (Å²) in [7, 11) is -2.77. The van der Waals surface area contributed by atoms with Crippen molar-refractivity contribution < 1.29 is 8.91 Å². The molecule has 0 amide bonds. The van der Waals surface area contributed by atoms with Gasteiger partial charge in [-0.2, -0.15) is 0 Å². The molecule has 1 aromatic heterocycles. The summed E-state index contributed by atoms with van der Waals surface area (Å²) >= 11 is 7.23. The van der Waals surface area contributed by atoms with Crippen LogP contribution < -0.4 is 9.83 Å². The standard InChI is InChI=1S/C30H28Br2FN2OP/c1-5-35-27-9-7-6-8-24(27)25-19-23(15-16-28(25)35)37(30(2,3)4,34-22-13-11-21(33)12-14-22)36-29-17-10-20(31)18-26(29)32/h6-19H,5H2,1-4H3/t37-/m0/s1. The Labute approximate surface area is 234 Å². The maximum Gasteiger partial charge on any atom is 0.173 e. The molecule has 1 heterocycles. The average molecular weight is 642 g/mol. The Balaban J connectivity index is 1.85. The molecule has 0 spiro atoms. The van der Waals surface area contributed by atoms with E-state index in [2.05, 4.69) is 107 Å². The van der Waals surface area contributed by atoms with Crippen molar-refractivity contribution >= 4 is 71.9 Å². The predicted octanol–water partition coefficient (Wildman–Crippen LogP) is 10.4. The number of halogens is 3. The Morgan fingerprint density at radius 1 is 0.865 bits per heavy atom. The lowest BCUT2D eigenvalue weighted by Crippen LogP contribution is -2.27. The molecular weight excluding hydrogens is 614 g/mol. The fraction of sp³-hybridized carbons (Fsp3) is 0.200. The second kappa shape index (κ2) is 10.1. The molecule has 3 nitrogen and oxygen atoms in total. The molecule has 0 radical (unpaired) electrons. The minimum absolute atomic E-state index is 0.288. The van der Waals surface area contributed by atoms with E-state index in [4.69, 9.17) is 9.27 Å². The Kier molecular flexibility index (Phi) is 7.12. The number of nitrogens with zero attached hydrogens (tertiary/aromatic N) is 2. The van der Waals surface area contributed by atoms with Gasteiger partial charge >= 0.3 is 0 Å². The van der Waals surface area contributed by atoms with Gasteiger partial charge in [-0.1, -0.05) is 54.9 Å². The van der Waals surface area contributed by atoms with Gasteiger partial charge < -0.3 is 9.09 Å². The second-order valence-corrected chi connectivity index (χ2v) is 15.1. The monoisotopic (exact) mass is 640 g/mol. The average Bonchev–Trinajstić information content (AvgIpc) is 3.18. The van der Waals surface area contributed by atoms with Crippen LogP contribution in [0.4, 0.5) is 10.1 Å². The van der Waals surface area contributed by atoms with Crippen molar-refractivity contribution in [3.8, 4) is 5.75 Å².